The van der Waals surface area contributed by atoms with Crippen LogP contribution in [0.15, 0.2) is 55.6 Å². The first-order valence-corrected chi connectivity index (χ1v) is 10.1. The van der Waals surface area contributed by atoms with Crippen molar-refractivity contribution in [2.75, 3.05) is 13.1 Å². The fourth-order valence-electron chi connectivity index (χ4n) is 3.24. The first-order valence-electron chi connectivity index (χ1n) is 10.1. The summed E-state index contributed by atoms with van der Waals surface area (Å²) < 4.78 is 0. The van der Waals surface area contributed by atoms with Crippen molar-refractivity contribution < 1.29 is 28.8 Å². The third-order valence-corrected chi connectivity index (χ3v) is 4.80. The summed E-state index contributed by atoms with van der Waals surface area (Å²) in [6.45, 7) is 6.97. The number of amides is 5. The Kier molecular flexibility index (Phi) is 8.37. The second kappa shape index (κ2) is 11.2. The van der Waals surface area contributed by atoms with Crippen LogP contribution in [0.3, 0.4) is 0 Å². The van der Waals surface area contributed by atoms with Crippen molar-refractivity contribution in [3.8, 4) is 0 Å². The summed E-state index contributed by atoms with van der Waals surface area (Å²) in [5.74, 6) is -5.46. The molecule has 0 atom stereocenters. The van der Waals surface area contributed by atoms with Crippen LogP contribution in [0.1, 0.15) is 67.7 Å². The van der Waals surface area contributed by atoms with Gasteiger partial charge in [0.1, 0.15) is 0 Å². The summed E-state index contributed by atoms with van der Waals surface area (Å²) in [4.78, 5) is 74.9. The predicted octanol–water partition coefficient (Wildman–Crippen LogP) is 0.0459. The Balaban J connectivity index is 2.83. The third kappa shape index (κ3) is 5.66. The van der Waals surface area contributed by atoms with Gasteiger partial charge in [0, 0.05) is 24.2 Å². The maximum Gasteiger partial charge on any atom is 0.253 e. The van der Waals surface area contributed by atoms with Crippen LogP contribution in [0.4, 0.5) is 0 Å². The summed E-state index contributed by atoms with van der Waals surface area (Å²) in [5, 5.41) is 4.93. The zero-order valence-corrected chi connectivity index (χ0v) is 18.6. The molecule has 0 saturated carbocycles. The standard InChI is InChI=1S/C24H23N5O6/c1-3-9-28-23(34)17-14(7-8-15(21(26)32)18(17)24(35)29-10-4-2)19(30)12-5-6-13(20(25)31)16(11-12)22(27)33/h3-8,11H,1-2,9-10H2,(H2,25,31)(H2,26,32)(H2,27,33)(H,28,34)(H,29,35). The maximum atomic E-state index is 13.4. The second-order valence-corrected chi connectivity index (χ2v) is 7.09. The molecule has 2 rings (SSSR count). The van der Waals surface area contributed by atoms with Crippen LogP contribution >= 0.6 is 0 Å². The van der Waals surface area contributed by atoms with E-state index < -0.39 is 46.4 Å². The van der Waals surface area contributed by atoms with Gasteiger partial charge in [-0.05, 0) is 24.3 Å². The van der Waals surface area contributed by atoms with Gasteiger partial charge in [0.2, 0.25) is 17.7 Å². The van der Waals surface area contributed by atoms with Crippen molar-refractivity contribution in [3.63, 3.8) is 0 Å². The molecule has 0 saturated heterocycles. The molecule has 0 bridgehead atoms. The Morgan fingerprint density at radius 3 is 1.54 bits per heavy atom. The number of hydrogen-bond donors (Lipinski definition) is 5. The summed E-state index contributed by atoms with van der Waals surface area (Å²) in [5.41, 5.74) is 13.9. The zero-order valence-electron chi connectivity index (χ0n) is 18.6. The van der Waals surface area contributed by atoms with Crippen molar-refractivity contribution in [2.24, 2.45) is 17.2 Å². The van der Waals surface area contributed by atoms with E-state index in [2.05, 4.69) is 23.8 Å². The van der Waals surface area contributed by atoms with Gasteiger partial charge < -0.3 is 27.8 Å². The minimum atomic E-state index is -1.01. The third-order valence-electron chi connectivity index (χ3n) is 4.80. The van der Waals surface area contributed by atoms with Gasteiger partial charge in [-0.15, -0.1) is 13.2 Å². The Morgan fingerprint density at radius 2 is 1.09 bits per heavy atom. The second-order valence-electron chi connectivity index (χ2n) is 7.09. The molecule has 0 aliphatic heterocycles. The molecule has 0 heterocycles. The average molecular weight is 477 g/mol. The van der Waals surface area contributed by atoms with E-state index in [0.717, 1.165) is 24.3 Å². The maximum absolute atomic E-state index is 13.4. The number of carbonyl (C=O) groups is 6. The highest BCUT2D eigenvalue weighted by atomic mass is 16.2. The van der Waals surface area contributed by atoms with Crippen LogP contribution in [0, 0.1) is 0 Å². The van der Waals surface area contributed by atoms with Crippen molar-refractivity contribution >= 4 is 35.3 Å². The molecule has 0 aliphatic rings. The van der Waals surface area contributed by atoms with Crippen LogP contribution in [0.2, 0.25) is 0 Å². The molecule has 0 radical (unpaired) electrons. The molecule has 0 unspecified atom stereocenters. The van der Waals surface area contributed by atoms with E-state index in [4.69, 9.17) is 17.2 Å². The van der Waals surface area contributed by atoms with Crippen LogP contribution in [-0.2, 0) is 0 Å². The molecule has 35 heavy (non-hydrogen) atoms. The predicted molar refractivity (Wildman–Crippen MR) is 127 cm³/mol. The van der Waals surface area contributed by atoms with Gasteiger partial charge in [-0.3, -0.25) is 28.8 Å². The normalized spacial score (nSPS) is 10.1. The molecule has 180 valence electrons. The number of nitrogens with two attached hydrogens (primary N) is 3. The molecule has 0 spiro atoms. The van der Waals surface area contributed by atoms with E-state index in [1.54, 1.807) is 0 Å². The van der Waals surface area contributed by atoms with Gasteiger partial charge in [0.05, 0.1) is 27.8 Å². The van der Waals surface area contributed by atoms with Gasteiger partial charge >= 0.3 is 0 Å². The molecular formula is C24H23N5O6. The average Bonchev–Trinajstić information content (AvgIpc) is 2.83. The van der Waals surface area contributed by atoms with Crippen LogP contribution in [-0.4, -0.2) is 48.4 Å². The lowest BCUT2D eigenvalue weighted by Crippen LogP contribution is -2.34. The number of rotatable bonds is 11. The van der Waals surface area contributed by atoms with Crippen LogP contribution in [0.25, 0.3) is 0 Å². The lowest BCUT2D eigenvalue weighted by molar-refractivity contribution is 0.0912. The molecule has 11 nitrogen and oxygen atoms in total. The van der Waals surface area contributed by atoms with Gasteiger partial charge in [-0.2, -0.15) is 0 Å². The molecule has 0 fully saturated rings. The Hall–Kier alpha value is -5.06. The Bertz CT molecular complexity index is 1280. The van der Waals surface area contributed by atoms with E-state index in [9.17, 15) is 28.8 Å². The van der Waals surface area contributed by atoms with Crippen molar-refractivity contribution in [2.45, 2.75) is 0 Å². The van der Waals surface area contributed by atoms with Gasteiger partial charge in [0.15, 0.2) is 5.78 Å². The summed E-state index contributed by atoms with van der Waals surface area (Å²) in [7, 11) is 0. The van der Waals surface area contributed by atoms with Crippen LogP contribution < -0.4 is 27.8 Å². The lowest BCUT2D eigenvalue weighted by Gasteiger charge is -2.17. The van der Waals surface area contributed by atoms with Crippen molar-refractivity contribution in [1.29, 1.82) is 0 Å². The van der Waals surface area contributed by atoms with E-state index in [1.165, 1.54) is 18.2 Å². The quantitative estimate of drug-likeness (QED) is 0.223. The molecule has 8 N–H and O–H groups in total. The highest BCUT2D eigenvalue weighted by molar-refractivity contribution is 6.22. The number of carbonyl (C=O) groups excluding carboxylic acids is 6. The number of ketones is 1. The Labute approximate surface area is 200 Å². The summed E-state index contributed by atoms with van der Waals surface area (Å²) >= 11 is 0. The zero-order chi connectivity index (χ0) is 26.3. The smallest absolute Gasteiger partial charge is 0.253 e. The number of nitrogens with one attached hydrogen (secondary N) is 2. The number of primary amides is 3. The minimum absolute atomic E-state index is 0.000519. The van der Waals surface area contributed by atoms with E-state index in [0.29, 0.717) is 0 Å². The molecule has 2 aromatic carbocycles. The van der Waals surface area contributed by atoms with Gasteiger partial charge in [-0.1, -0.05) is 18.2 Å². The van der Waals surface area contributed by atoms with Crippen LogP contribution in [0.5, 0.6) is 0 Å². The molecular weight excluding hydrogens is 454 g/mol. The molecule has 2 aromatic rings. The summed E-state index contributed by atoms with van der Waals surface area (Å²) in [6, 6.07) is 5.69. The molecule has 11 heteroatoms. The summed E-state index contributed by atoms with van der Waals surface area (Å²) in [6.07, 6.45) is 2.75. The Morgan fingerprint density at radius 1 is 0.657 bits per heavy atom. The first kappa shape index (κ1) is 26.2. The largest absolute Gasteiger partial charge is 0.366 e. The lowest BCUT2D eigenvalue weighted by atomic mass is 9.89. The fraction of sp³-hybridized carbons (Fsp3) is 0.0833. The van der Waals surface area contributed by atoms with Gasteiger partial charge in [0.25, 0.3) is 11.8 Å². The molecule has 5 amide bonds. The number of benzene rings is 2. The van der Waals surface area contributed by atoms with Crippen molar-refractivity contribution in [3.05, 3.63) is 94.6 Å². The minimum Gasteiger partial charge on any atom is -0.366 e. The SMILES string of the molecule is C=CCNC(=O)c1c(C(N)=O)ccc(C(=O)c2ccc(C(N)=O)c(C(N)=O)c2)c1C(=O)NCC=C. The van der Waals surface area contributed by atoms with Gasteiger partial charge in [-0.25, -0.2) is 0 Å². The van der Waals surface area contributed by atoms with E-state index >= 15 is 0 Å². The monoisotopic (exact) mass is 477 g/mol. The fourth-order valence-corrected chi connectivity index (χ4v) is 3.24. The van der Waals surface area contributed by atoms with E-state index in [1.807, 2.05) is 0 Å². The first-order chi connectivity index (χ1) is 16.5. The van der Waals surface area contributed by atoms with E-state index in [-0.39, 0.29) is 40.9 Å². The topological polar surface area (TPSA) is 205 Å². The number of hydrogen-bond acceptors (Lipinski definition) is 6. The molecule has 0 aromatic heterocycles. The highest BCUT2D eigenvalue weighted by Gasteiger charge is 2.29. The van der Waals surface area contributed by atoms with Crippen molar-refractivity contribution in [1.82, 2.24) is 10.6 Å². The highest BCUT2D eigenvalue weighted by Crippen LogP contribution is 2.24. The molecule has 0 aliphatic carbocycles.